The van der Waals surface area contributed by atoms with Gasteiger partial charge in [0.1, 0.15) is 5.83 Å². The summed E-state index contributed by atoms with van der Waals surface area (Å²) < 4.78 is 15.0. The molecule has 0 saturated heterocycles. The molecule has 17 heavy (non-hydrogen) atoms. The van der Waals surface area contributed by atoms with Crippen LogP contribution in [-0.2, 0) is 0 Å². The number of allylic oxidation sites excluding steroid dienone is 6. The average Bonchev–Trinajstić information content (AvgIpc) is 2.49. The van der Waals surface area contributed by atoms with Crippen molar-refractivity contribution in [2.75, 3.05) is 0 Å². The minimum Gasteiger partial charge on any atom is -0.207 e. The third kappa shape index (κ3) is 1.74. The molecule has 2 heteroatoms. The second kappa shape index (κ2) is 3.94. The van der Waals surface area contributed by atoms with Crippen LogP contribution in [0.3, 0.4) is 0 Å². The van der Waals surface area contributed by atoms with Gasteiger partial charge in [-0.15, -0.1) is 0 Å². The number of hydrogen-bond acceptors (Lipinski definition) is 0. The maximum absolute atomic E-state index is 13.5. The molecule has 1 fully saturated rings. The van der Waals surface area contributed by atoms with Crippen molar-refractivity contribution in [3.8, 4) is 0 Å². The van der Waals surface area contributed by atoms with Gasteiger partial charge in [0.05, 0.1) is 0 Å². The van der Waals surface area contributed by atoms with Gasteiger partial charge in [0, 0.05) is 0 Å². The van der Waals surface area contributed by atoms with Gasteiger partial charge in [-0.2, -0.15) is 0 Å². The van der Waals surface area contributed by atoms with E-state index < -0.39 is 0 Å². The van der Waals surface area contributed by atoms with Crippen molar-refractivity contribution >= 4 is 22.6 Å². The fourth-order valence-electron chi connectivity index (χ4n) is 4.02. The lowest BCUT2D eigenvalue weighted by molar-refractivity contribution is 0.259. The van der Waals surface area contributed by atoms with E-state index in [-0.39, 0.29) is 11.2 Å². The van der Waals surface area contributed by atoms with Crippen LogP contribution in [0.2, 0.25) is 0 Å². The number of halogens is 2. The second-order valence-corrected chi connectivity index (χ2v) is 7.48. The average molecular weight is 344 g/mol. The van der Waals surface area contributed by atoms with Crippen LogP contribution in [0.15, 0.2) is 33.2 Å². The van der Waals surface area contributed by atoms with Crippen molar-refractivity contribution in [1.82, 2.24) is 0 Å². The lowest BCUT2D eigenvalue weighted by atomic mass is 9.74. The summed E-state index contributed by atoms with van der Waals surface area (Å²) in [5, 5.41) is 0. The Morgan fingerprint density at radius 3 is 2.94 bits per heavy atom. The molecule has 0 aromatic rings. The molecule has 3 aliphatic rings. The van der Waals surface area contributed by atoms with Gasteiger partial charge in [-0.25, -0.2) is 4.39 Å². The SMILES string of the molecule is CC1(C)C2=CC(F)=CC[C@@H]2C2CCC(I)=CC21. The maximum Gasteiger partial charge on any atom is 0.119 e. The predicted octanol–water partition coefficient (Wildman–Crippen LogP) is 5.17. The molecule has 2 unspecified atom stereocenters. The normalized spacial score (nSPS) is 38.8. The molecule has 0 N–H and O–H groups in total. The van der Waals surface area contributed by atoms with Gasteiger partial charge in [0.25, 0.3) is 0 Å². The van der Waals surface area contributed by atoms with Crippen LogP contribution in [0, 0.1) is 23.2 Å². The van der Waals surface area contributed by atoms with Gasteiger partial charge >= 0.3 is 0 Å². The molecule has 92 valence electrons. The molecule has 0 nitrogen and oxygen atoms in total. The lowest BCUT2D eigenvalue weighted by Gasteiger charge is -2.32. The smallest absolute Gasteiger partial charge is 0.119 e. The van der Waals surface area contributed by atoms with Crippen molar-refractivity contribution in [3.63, 3.8) is 0 Å². The van der Waals surface area contributed by atoms with Crippen LogP contribution >= 0.6 is 22.6 Å². The third-order valence-electron chi connectivity index (χ3n) is 4.89. The van der Waals surface area contributed by atoms with E-state index in [2.05, 4.69) is 42.5 Å². The van der Waals surface area contributed by atoms with Crippen LogP contribution in [0.4, 0.5) is 4.39 Å². The Kier molecular flexibility index (Phi) is 2.77. The molecule has 0 amide bonds. The van der Waals surface area contributed by atoms with E-state index in [1.165, 1.54) is 22.0 Å². The largest absolute Gasteiger partial charge is 0.207 e. The minimum atomic E-state index is -0.0263. The Labute approximate surface area is 116 Å². The number of fused-ring (bicyclic) bond motifs is 3. The molecule has 0 radical (unpaired) electrons. The van der Waals surface area contributed by atoms with Gasteiger partial charge in [-0.1, -0.05) is 25.5 Å². The van der Waals surface area contributed by atoms with Crippen molar-refractivity contribution < 1.29 is 4.39 Å². The van der Waals surface area contributed by atoms with E-state index in [1.54, 1.807) is 6.08 Å². The fraction of sp³-hybridized carbons (Fsp3) is 0.600. The molecule has 0 spiro atoms. The zero-order valence-corrected chi connectivity index (χ0v) is 12.5. The maximum atomic E-state index is 13.5. The molecular formula is C15H18FI. The van der Waals surface area contributed by atoms with Crippen LogP contribution in [0.5, 0.6) is 0 Å². The Morgan fingerprint density at radius 2 is 2.18 bits per heavy atom. The van der Waals surface area contributed by atoms with E-state index in [4.69, 9.17) is 0 Å². The predicted molar refractivity (Wildman–Crippen MR) is 77.5 cm³/mol. The monoisotopic (exact) mass is 344 g/mol. The van der Waals surface area contributed by atoms with Crippen molar-refractivity contribution in [3.05, 3.63) is 33.2 Å². The zero-order chi connectivity index (χ0) is 12.2. The molecule has 1 saturated carbocycles. The first-order chi connectivity index (χ1) is 8.00. The van der Waals surface area contributed by atoms with Crippen LogP contribution in [0.25, 0.3) is 0 Å². The van der Waals surface area contributed by atoms with Gasteiger partial charge < -0.3 is 0 Å². The summed E-state index contributed by atoms with van der Waals surface area (Å²) in [7, 11) is 0. The van der Waals surface area contributed by atoms with Crippen molar-refractivity contribution in [1.29, 1.82) is 0 Å². The molecule has 0 heterocycles. The van der Waals surface area contributed by atoms with E-state index in [0.29, 0.717) is 11.8 Å². The highest BCUT2D eigenvalue weighted by Crippen LogP contribution is 2.60. The molecule has 3 rings (SSSR count). The van der Waals surface area contributed by atoms with E-state index in [9.17, 15) is 4.39 Å². The topological polar surface area (TPSA) is 0 Å². The first-order valence-corrected chi connectivity index (χ1v) is 7.52. The standard InChI is InChI=1S/C15H18FI/c1-15(2)13-7-9(16)3-5-11(13)12-6-4-10(17)8-14(12)15/h3,7-8,11-12,14H,4-6H2,1-2H3/t11-,12?,14?/m1/s1. The van der Waals surface area contributed by atoms with Crippen molar-refractivity contribution in [2.45, 2.75) is 33.1 Å². The van der Waals surface area contributed by atoms with Crippen LogP contribution in [-0.4, -0.2) is 0 Å². The fourth-order valence-corrected chi connectivity index (χ4v) is 4.72. The highest BCUT2D eigenvalue weighted by atomic mass is 127. The zero-order valence-electron chi connectivity index (χ0n) is 10.3. The summed E-state index contributed by atoms with van der Waals surface area (Å²) in [6.45, 7) is 4.58. The highest BCUT2D eigenvalue weighted by molar-refractivity contribution is 14.1. The Morgan fingerprint density at radius 1 is 1.41 bits per heavy atom. The summed E-state index contributed by atoms with van der Waals surface area (Å²) in [5.41, 5.74) is 1.49. The summed E-state index contributed by atoms with van der Waals surface area (Å²) in [4.78, 5) is 0. The summed E-state index contributed by atoms with van der Waals surface area (Å²) in [6, 6.07) is 0. The van der Waals surface area contributed by atoms with E-state index >= 15 is 0 Å². The number of hydrogen-bond donors (Lipinski definition) is 0. The van der Waals surface area contributed by atoms with Gasteiger partial charge in [-0.3, -0.25) is 0 Å². The van der Waals surface area contributed by atoms with Crippen LogP contribution in [0.1, 0.15) is 33.1 Å². The first-order valence-electron chi connectivity index (χ1n) is 6.44. The summed E-state index contributed by atoms with van der Waals surface area (Å²) in [5.74, 6) is 1.91. The van der Waals surface area contributed by atoms with Gasteiger partial charge in [-0.05, 0) is 80.8 Å². The molecule has 3 aliphatic carbocycles. The molecule has 0 bridgehead atoms. The van der Waals surface area contributed by atoms with E-state index in [0.717, 1.165) is 12.3 Å². The Bertz CT molecular complexity index is 442. The number of rotatable bonds is 0. The van der Waals surface area contributed by atoms with Crippen LogP contribution < -0.4 is 0 Å². The molecular weight excluding hydrogens is 326 g/mol. The summed E-state index contributed by atoms with van der Waals surface area (Å²) >= 11 is 2.46. The second-order valence-electron chi connectivity index (χ2n) is 6.09. The van der Waals surface area contributed by atoms with Gasteiger partial charge in [0.2, 0.25) is 0 Å². The summed E-state index contributed by atoms with van der Waals surface area (Å²) in [6.07, 6.45) is 9.44. The minimum absolute atomic E-state index is 0.0263. The van der Waals surface area contributed by atoms with Crippen molar-refractivity contribution in [2.24, 2.45) is 23.2 Å². The highest BCUT2D eigenvalue weighted by Gasteiger charge is 2.51. The third-order valence-corrected chi connectivity index (χ3v) is 5.79. The molecule has 0 aliphatic heterocycles. The first kappa shape index (κ1) is 11.9. The van der Waals surface area contributed by atoms with E-state index in [1.807, 2.05) is 6.08 Å². The molecule has 3 atom stereocenters. The molecule has 0 aromatic heterocycles. The Hall–Kier alpha value is -0.120. The molecule has 0 aromatic carbocycles. The van der Waals surface area contributed by atoms with Gasteiger partial charge in [0.15, 0.2) is 0 Å². The quantitative estimate of drug-likeness (QED) is 0.532. The Balaban J connectivity index is 2.06. The lowest BCUT2D eigenvalue weighted by Crippen LogP contribution is -2.23.